The summed E-state index contributed by atoms with van der Waals surface area (Å²) in [6, 6.07) is 5.23. The van der Waals surface area contributed by atoms with Crippen molar-refractivity contribution in [2.24, 2.45) is 16.5 Å². The van der Waals surface area contributed by atoms with E-state index < -0.39 is 6.04 Å². The number of nitrogens with one attached hydrogen (secondary N) is 3. The third-order valence-corrected chi connectivity index (χ3v) is 4.54. The zero-order valence-electron chi connectivity index (χ0n) is 13.9. The minimum atomic E-state index is -0.592. The maximum absolute atomic E-state index is 12.3. The highest BCUT2D eigenvalue weighted by molar-refractivity contribution is 9.10. The van der Waals surface area contributed by atoms with Crippen LogP contribution in [-0.4, -0.2) is 35.3 Å². The summed E-state index contributed by atoms with van der Waals surface area (Å²) in [6.45, 7) is 0.412. The van der Waals surface area contributed by atoms with Crippen LogP contribution in [0.3, 0.4) is 0 Å². The van der Waals surface area contributed by atoms with Crippen LogP contribution in [0.1, 0.15) is 18.4 Å². The summed E-state index contributed by atoms with van der Waals surface area (Å²) >= 11 is 3.44. The minimum Gasteiger partial charge on any atom is -0.370 e. The van der Waals surface area contributed by atoms with Crippen molar-refractivity contribution in [3.8, 4) is 0 Å². The Morgan fingerprint density at radius 3 is 2.88 bits per heavy atom. The van der Waals surface area contributed by atoms with E-state index in [0.29, 0.717) is 19.4 Å². The first-order chi connectivity index (χ1) is 12.4. The molecule has 0 saturated carbocycles. The fourth-order valence-electron chi connectivity index (χ4n) is 2.78. The summed E-state index contributed by atoms with van der Waals surface area (Å²) in [4.78, 5) is 31.6. The van der Waals surface area contributed by atoms with E-state index in [-0.39, 0.29) is 23.5 Å². The molecule has 9 heteroatoms. The first-order valence-electron chi connectivity index (χ1n) is 8.09. The molecule has 1 saturated heterocycles. The lowest BCUT2D eigenvalue weighted by atomic mass is 10.1. The summed E-state index contributed by atoms with van der Waals surface area (Å²) in [6.07, 6.45) is 4.51. The zero-order valence-corrected chi connectivity index (χ0v) is 15.5. The van der Waals surface area contributed by atoms with Gasteiger partial charge in [-0.15, -0.1) is 0 Å². The molecule has 1 atom stereocenters. The highest BCUT2D eigenvalue weighted by Crippen LogP contribution is 2.24. The smallest absolute Gasteiger partial charge is 0.268 e. The van der Waals surface area contributed by atoms with Crippen LogP contribution in [0.2, 0.25) is 0 Å². The van der Waals surface area contributed by atoms with Crippen molar-refractivity contribution in [1.29, 1.82) is 0 Å². The Hall–Kier alpha value is -2.81. The molecule has 0 radical (unpaired) electrons. The lowest BCUT2D eigenvalue weighted by Crippen LogP contribution is -2.54. The normalized spacial score (nSPS) is 18.7. The summed E-state index contributed by atoms with van der Waals surface area (Å²) < 4.78 is 0.933. The summed E-state index contributed by atoms with van der Waals surface area (Å²) in [5.74, 6) is -0.555. The van der Waals surface area contributed by atoms with Crippen LogP contribution in [0.15, 0.2) is 39.6 Å². The first kappa shape index (κ1) is 18.0. The molecule has 2 amide bonds. The molecule has 0 spiro atoms. The zero-order chi connectivity index (χ0) is 18.7. The number of piperazine rings is 1. The predicted octanol–water partition coefficient (Wildman–Crippen LogP) is 0.940. The lowest BCUT2D eigenvalue weighted by Gasteiger charge is -2.24. The third-order valence-electron chi connectivity index (χ3n) is 4.05. The molecule has 0 bridgehead atoms. The van der Waals surface area contributed by atoms with Crippen LogP contribution >= 0.6 is 15.9 Å². The maximum atomic E-state index is 12.3. The second-order valence-corrected chi connectivity index (χ2v) is 6.87. The largest absolute Gasteiger partial charge is 0.370 e. The second-order valence-electron chi connectivity index (χ2n) is 5.96. The monoisotopic (exact) mass is 418 g/mol. The number of H-pyrrole nitrogens is 1. The SMILES string of the molecule is NC(N)=NCCCC1NC(=O)/C(=C/c2c[nH]c3ccc(Br)cc23)NC1=O. The van der Waals surface area contributed by atoms with E-state index in [1.165, 1.54) is 0 Å². The molecule has 1 fully saturated rings. The third kappa shape index (κ3) is 4.05. The topological polar surface area (TPSA) is 138 Å². The number of aromatic amines is 1. The van der Waals surface area contributed by atoms with Gasteiger partial charge in [-0.05, 0) is 37.1 Å². The van der Waals surface area contributed by atoms with Crippen molar-refractivity contribution in [3.05, 3.63) is 40.1 Å². The molecule has 136 valence electrons. The highest BCUT2D eigenvalue weighted by Gasteiger charge is 2.29. The van der Waals surface area contributed by atoms with Gasteiger partial charge in [-0.3, -0.25) is 14.6 Å². The average molecular weight is 419 g/mol. The molecule has 1 unspecified atom stereocenters. The van der Waals surface area contributed by atoms with Gasteiger partial charge in [-0.25, -0.2) is 0 Å². The van der Waals surface area contributed by atoms with Crippen LogP contribution in [0, 0.1) is 0 Å². The van der Waals surface area contributed by atoms with Crippen molar-refractivity contribution < 1.29 is 9.59 Å². The lowest BCUT2D eigenvalue weighted by molar-refractivity contribution is -0.131. The summed E-state index contributed by atoms with van der Waals surface area (Å²) in [5.41, 5.74) is 12.5. The number of aliphatic imine (C=N–C) groups is 1. The van der Waals surface area contributed by atoms with Gasteiger partial charge >= 0.3 is 0 Å². The molecule has 7 N–H and O–H groups in total. The van der Waals surface area contributed by atoms with Crippen LogP contribution < -0.4 is 22.1 Å². The number of halogens is 1. The molecule has 2 heterocycles. The Balaban J connectivity index is 1.71. The van der Waals surface area contributed by atoms with E-state index in [2.05, 4.69) is 36.5 Å². The summed E-state index contributed by atoms with van der Waals surface area (Å²) in [7, 11) is 0. The van der Waals surface area contributed by atoms with Gasteiger partial charge in [-0.2, -0.15) is 0 Å². The number of carbonyl (C=O) groups excluding carboxylic acids is 2. The van der Waals surface area contributed by atoms with Crippen LogP contribution in [0.25, 0.3) is 17.0 Å². The number of aromatic nitrogens is 1. The van der Waals surface area contributed by atoms with E-state index >= 15 is 0 Å². The molecular weight excluding hydrogens is 400 g/mol. The minimum absolute atomic E-state index is 0.0118. The molecule has 26 heavy (non-hydrogen) atoms. The molecule has 2 aromatic rings. The Labute approximate surface area is 158 Å². The van der Waals surface area contributed by atoms with Gasteiger partial charge in [0, 0.05) is 33.7 Å². The van der Waals surface area contributed by atoms with Crippen molar-refractivity contribution in [2.45, 2.75) is 18.9 Å². The number of rotatable bonds is 5. The van der Waals surface area contributed by atoms with Gasteiger partial charge in [0.25, 0.3) is 5.91 Å². The Kier molecular flexibility index (Phi) is 5.27. The summed E-state index contributed by atoms with van der Waals surface area (Å²) in [5, 5.41) is 6.36. The van der Waals surface area contributed by atoms with Crippen molar-refractivity contribution in [2.75, 3.05) is 6.54 Å². The number of carbonyl (C=O) groups is 2. The molecule has 1 aliphatic rings. The number of nitrogens with two attached hydrogens (primary N) is 2. The fourth-order valence-corrected chi connectivity index (χ4v) is 3.14. The molecule has 0 aliphatic carbocycles. The van der Waals surface area contributed by atoms with E-state index in [1.807, 2.05) is 18.2 Å². The highest BCUT2D eigenvalue weighted by atomic mass is 79.9. The van der Waals surface area contributed by atoms with Gasteiger partial charge in [0.15, 0.2) is 5.96 Å². The number of fused-ring (bicyclic) bond motifs is 1. The molecule has 1 aromatic heterocycles. The van der Waals surface area contributed by atoms with Crippen LogP contribution in [-0.2, 0) is 9.59 Å². The molecular formula is C17H19BrN6O2. The van der Waals surface area contributed by atoms with Gasteiger partial charge in [0.05, 0.1) is 0 Å². The number of hydrogen-bond donors (Lipinski definition) is 5. The van der Waals surface area contributed by atoms with Crippen molar-refractivity contribution >= 4 is 50.7 Å². The standard InChI is InChI=1S/C17H19BrN6O2/c18-10-3-4-12-11(7-10)9(8-22-12)6-14-16(26)23-13(15(25)24-14)2-1-5-21-17(19)20/h3-4,6-8,13,22H,1-2,5H2,(H,23,26)(H,24,25)(H4,19,20,21)/b14-6-. The quantitative estimate of drug-likeness (QED) is 0.213. The fraction of sp³-hybridized carbons (Fsp3) is 0.235. The van der Waals surface area contributed by atoms with Crippen molar-refractivity contribution in [1.82, 2.24) is 15.6 Å². The van der Waals surface area contributed by atoms with Gasteiger partial charge < -0.3 is 27.1 Å². The molecule has 1 aliphatic heterocycles. The molecule has 1 aromatic carbocycles. The van der Waals surface area contributed by atoms with E-state index in [0.717, 1.165) is 20.9 Å². The van der Waals surface area contributed by atoms with Gasteiger partial charge in [0.1, 0.15) is 11.7 Å². The first-order valence-corrected chi connectivity index (χ1v) is 8.89. The Bertz CT molecular complexity index is 913. The number of guanidine groups is 1. The number of amides is 2. The molecule has 3 rings (SSSR count). The van der Waals surface area contributed by atoms with Gasteiger partial charge in [0.2, 0.25) is 5.91 Å². The number of benzene rings is 1. The second kappa shape index (κ2) is 7.61. The van der Waals surface area contributed by atoms with Crippen LogP contribution in [0.4, 0.5) is 0 Å². The molecule has 8 nitrogen and oxygen atoms in total. The van der Waals surface area contributed by atoms with Gasteiger partial charge in [-0.1, -0.05) is 15.9 Å². The van der Waals surface area contributed by atoms with E-state index in [9.17, 15) is 9.59 Å². The Morgan fingerprint density at radius 2 is 2.12 bits per heavy atom. The predicted molar refractivity (Wildman–Crippen MR) is 104 cm³/mol. The number of nitrogens with zero attached hydrogens (tertiary/aromatic N) is 1. The van der Waals surface area contributed by atoms with Crippen molar-refractivity contribution in [3.63, 3.8) is 0 Å². The average Bonchev–Trinajstić information content (AvgIpc) is 2.97. The number of hydrogen-bond acceptors (Lipinski definition) is 3. The van der Waals surface area contributed by atoms with E-state index in [4.69, 9.17) is 11.5 Å². The maximum Gasteiger partial charge on any atom is 0.268 e. The Morgan fingerprint density at radius 1 is 1.31 bits per heavy atom. The van der Waals surface area contributed by atoms with Crippen LogP contribution in [0.5, 0.6) is 0 Å². The van der Waals surface area contributed by atoms with E-state index in [1.54, 1.807) is 12.3 Å².